The number of carbonyl (C=O) groups excluding carboxylic acids is 2. The van der Waals surface area contributed by atoms with E-state index in [0.717, 1.165) is 10.9 Å². The lowest BCUT2D eigenvalue weighted by Crippen LogP contribution is -2.21. The van der Waals surface area contributed by atoms with Gasteiger partial charge < -0.3 is 25.5 Å². The van der Waals surface area contributed by atoms with Gasteiger partial charge in [-0.15, -0.1) is 0 Å². The van der Waals surface area contributed by atoms with Gasteiger partial charge in [-0.1, -0.05) is 0 Å². The van der Waals surface area contributed by atoms with Crippen LogP contribution in [0.4, 0.5) is 11.4 Å². The molecule has 2 aromatic heterocycles. The molecule has 0 radical (unpaired) electrons. The van der Waals surface area contributed by atoms with E-state index in [0.29, 0.717) is 28.0 Å². The largest absolute Gasteiger partial charge is 0.399 e. The molecule has 0 bridgehead atoms. The first kappa shape index (κ1) is 22.3. The van der Waals surface area contributed by atoms with Crippen molar-refractivity contribution in [3.63, 3.8) is 0 Å². The van der Waals surface area contributed by atoms with Crippen molar-refractivity contribution >= 4 is 45.0 Å². The number of amides is 2. The minimum atomic E-state index is -0.458. The van der Waals surface area contributed by atoms with Gasteiger partial charge in [-0.25, -0.2) is 0 Å². The molecule has 166 valence electrons. The fourth-order valence-electron chi connectivity index (χ4n) is 3.10. The Morgan fingerprint density at radius 1 is 0.812 bits per heavy atom. The van der Waals surface area contributed by atoms with Gasteiger partial charge in [0.15, 0.2) is 0 Å². The molecule has 2 heterocycles. The van der Waals surface area contributed by atoms with E-state index in [-0.39, 0.29) is 17.5 Å². The van der Waals surface area contributed by atoms with E-state index < -0.39 is 4.92 Å². The molecule has 0 atom stereocenters. The summed E-state index contributed by atoms with van der Waals surface area (Å²) in [6.07, 6.45) is 0. The Balaban J connectivity index is 0.000000182. The summed E-state index contributed by atoms with van der Waals surface area (Å²) < 4.78 is 0. The summed E-state index contributed by atoms with van der Waals surface area (Å²) in [7, 11) is 6.75. The lowest BCUT2D eigenvalue weighted by Gasteiger charge is -2.07. The van der Waals surface area contributed by atoms with Crippen LogP contribution in [0.15, 0.2) is 48.5 Å². The number of nitrogen functional groups attached to an aromatic ring is 1. The Morgan fingerprint density at radius 2 is 1.28 bits per heavy atom. The third kappa shape index (κ3) is 4.69. The monoisotopic (exact) mass is 436 g/mol. The van der Waals surface area contributed by atoms with Crippen molar-refractivity contribution in [2.75, 3.05) is 33.9 Å². The molecular weight excluding hydrogens is 412 g/mol. The molecule has 0 aliphatic rings. The van der Waals surface area contributed by atoms with Gasteiger partial charge in [-0.05, 0) is 36.4 Å². The number of aromatic nitrogens is 2. The molecule has 0 spiro atoms. The minimum Gasteiger partial charge on any atom is -0.399 e. The van der Waals surface area contributed by atoms with Crippen LogP contribution in [0.5, 0.6) is 0 Å². The number of hydrogen-bond donors (Lipinski definition) is 3. The van der Waals surface area contributed by atoms with Crippen molar-refractivity contribution in [2.24, 2.45) is 0 Å². The Morgan fingerprint density at radius 3 is 1.75 bits per heavy atom. The standard InChI is InChI=1S/C11H11N3O3.C11H13N3O/c1-13(2)11(15)10-6-7-5-8(14(16)17)3-4-9(7)12-10;1-14(2)11(15)10-6-7-5-8(12)3-4-9(7)13-10/h3-6,12H,1-2H3;3-6,13H,12H2,1-2H3. The first-order valence-electron chi connectivity index (χ1n) is 9.65. The summed E-state index contributed by atoms with van der Waals surface area (Å²) in [5.74, 6) is -0.200. The van der Waals surface area contributed by atoms with Crippen LogP contribution >= 0.6 is 0 Å². The summed E-state index contributed by atoms with van der Waals surface area (Å²) in [6.45, 7) is 0. The summed E-state index contributed by atoms with van der Waals surface area (Å²) >= 11 is 0. The number of fused-ring (bicyclic) bond motifs is 2. The molecule has 0 saturated carbocycles. The van der Waals surface area contributed by atoms with E-state index in [1.54, 1.807) is 40.3 Å². The summed E-state index contributed by atoms with van der Waals surface area (Å²) in [4.78, 5) is 42.5. The third-order valence-electron chi connectivity index (χ3n) is 4.73. The summed E-state index contributed by atoms with van der Waals surface area (Å²) in [5, 5.41) is 12.2. The van der Waals surface area contributed by atoms with Gasteiger partial charge in [0.1, 0.15) is 11.4 Å². The highest BCUT2D eigenvalue weighted by Gasteiger charge is 2.14. The van der Waals surface area contributed by atoms with Crippen LogP contribution < -0.4 is 5.73 Å². The molecule has 2 amide bonds. The number of benzene rings is 2. The number of nitrogens with two attached hydrogens (primary N) is 1. The molecule has 2 aromatic carbocycles. The van der Waals surface area contributed by atoms with E-state index in [4.69, 9.17) is 5.73 Å². The van der Waals surface area contributed by atoms with Crippen LogP contribution in [-0.4, -0.2) is 64.7 Å². The van der Waals surface area contributed by atoms with Crippen molar-refractivity contribution in [3.05, 3.63) is 70.0 Å². The van der Waals surface area contributed by atoms with Crippen molar-refractivity contribution in [3.8, 4) is 0 Å². The molecular formula is C22H24N6O4. The van der Waals surface area contributed by atoms with Gasteiger partial charge in [0, 0.05) is 67.8 Å². The van der Waals surface area contributed by atoms with Gasteiger partial charge in [0.2, 0.25) is 0 Å². The van der Waals surface area contributed by atoms with Crippen LogP contribution in [-0.2, 0) is 0 Å². The summed E-state index contributed by atoms with van der Waals surface area (Å²) in [6, 6.07) is 13.4. The van der Waals surface area contributed by atoms with Crippen LogP contribution in [0, 0.1) is 10.1 Å². The third-order valence-corrected chi connectivity index (χ3v) is 4.73. The van der Waals surface area contributed by atoms with Crippen molar-refractivity contribution in [2.45, 2.75) is 0 Å². The Bertz CT molecular complexity index is 1320. The van der Waals surface area contributed by atoms with Crippen molar-refractivity contribution < 1.29 is 14.5 Å². The van der Waals surface area contributed by atoms with Crippen LogP contribution in [0.25, 0.3) is 21.8 Å². The number of aromatic amines is 2. The Labute approximate surface area is 183 Å². The number of H-pyrrole nitrogens is 2. The molecule has 4 rings (SSSR count). The van der Waals surface area contributed by atoms with E-state index in [1.807, 2.05) is 24.3 Å². The number of rotatable bonds is 3. The highest BCUT2D eigenvalue weighted by atomic mass is 16.6. The number of nitrogens with one attached hydrogen (secondary N) is 2. The van der Waals surface area contributed by atoms with Gasteiger partial charge >= 0.3 is 0 Å². The normalized spacial score (nSPS) is 10.5. The minimum absolute atomic E-state index is 0.0142. The fraction of sp³-hybridized carbons (Fsp3) is 0.182. The molecule has 0 aliphatic carbocycles. The average Bonchev–Trinajstić information content (AvgIpc) is 3.35. The number of nitro groups is 1. The molecule has 4 N–H and O–H groups in total. The molecule has 10 heteroatoms. The summed E-state index contributed by atoms with van der Waals surface area (Å²) in [5.41, 5.74) is 9.01. The molecule has 0 saturated heterocycles. The van der Waals surface area contributed by atoms with E-state index >= 15 is 0 Å². The molecule has 0 unspecified atom stereocenters. The molecule has 4 aromatic rings. The Hall–Kier alpha value is -4.34. The second kappa shape index (κ2) is 8.80. The first-order valence-corrected chi connectivity index (χ1v) is 9.65. The van der Waals surface area contributed by atoms with E-state index in [9.17, 15) is 19.7 Å². The smallest absolute Gasteiger partial charge is 0.270 e. The molecule has 32 heavy (non-hydrogen) atoms. The van der Waals surface area contributed by atoms with Gasteiger partial charge in [-0.2, -0.15) is 0 Å². The maximum absolute atomic E-state index is 11.7. The highest BCUT2D eigenvalue weighted by Crippen LogP contribution is 2.22. The maximum Gasteiger partial charge on any atom is 0.270 e. The number of nitro benzene ring substituents is 1. The quantitative estimate of drug-likeness (QED) is 0.257. The number of hydrogen-bond acceptors (Lipinski definition) is 5. The number of carbonyl (C=O) groups is 2. The van der Waals surface area contributed by atoms with Gasteiger partial charge in [-0.3, -0.25) is 19.7 Å². The number of non-ortho nitro benzene ring substituents is 1. The average molecular weight is 436 g/mol. The zero-order valence-electron chi connectivity index (χ0n) is 18.2. The van der Waals surface area contributed by atoms with Crippen LogP contribution in [0.3, 0.4) is 0 Å². The maximum atomic E-state index is 11.7. The first-order chi connectivity index (χ1) is 15.1. The second-order valence-corrected chi connectivity index (χ2v) is 7.64. The number of nitrogens with zero attached hydrogens (tertiary/aromatic N) is 3. The lowest BCUT2D eigenvalue weighted by atomic mass is 10.2. The molecule has 10 nitrogen and oxygen atoms in total. The van der Waals surface area contributed by atoms with E-state index in [2.05, 4.69) is 9.97 Å². The second-order valence-electron chi connectivity index (χ2n) is 7.64. The predicted octanol–water partition coefficient (Wildman–Crippen LogP) is 3.23. The van der Waals surface area contributed by atoms with Crippen LogP contribution in [0.1, 0.15) is 21.0 Å². The van der Waals surface area contributed by atoms with Crippen molar-refractivity contribution in [1.82, 2.24) is 19.8 Å². The Kier molecular flexibility index (Phi) is 6.15. The highest BCUT2D eigenvalue weighted by molar-refractivity contribution is 5.99. The number of anilines is 1. The topological polar surface area (TPSA) is 141 Å². The van der Waals surface area contributed by atoms with E-state index in [1.165, 1.54) is 21.9 Å². The lowest BCUT2D eigenvalue weighted by molar-refractivity contribution is -0.384. The van der Waals surface area contributed by atoms with Gasteiger partial charge in [0.05, 0.1) is 4.92 Å². The molecule has 0 aliphatic heterocycles. The predicted molar refractivity (Wildman–Crippen MR) is 124 cm³/mol. The molecule has 0 fully saturated rings. The van der Waals surface area contributed by atoms with Crippen LogP contribution in [0.2, 0.25) is 0 Å². The zero-order valence-corrected chi connectivity index (χ0v) is 18.2. The van der Waals surface area contributed by atoms with Gasteiger partial charge in [0.25, 0.3) is 17.5 Å². The SMILES string of the molecule is CN(C)C(=O)c1cc2cc(N)ccc2[nH]1.CN(C)C(=O)c1cc2cc([N+](=O)[O-])ccc2[nH]1. The van der Waals surface area contributed by atoms with Crippen molar-refractivity contribution in [1.29, 1.82) is 0 Å². The fourth-order valence-corrected chi connectivity index (χ4v) is 3.10. The zero-order chi connectivity index (χ0) is 23.6.